The van der Waals surface area contributed by atoms with Crippen LogP contribution in [-0.2, 0) is 4.79 Å². The number of para-hydroxylation sites is 2. The van der Waals surface area contributed by atoms with Gasteiger partial charge >= 0.3 is 0 Å². The number of H-pyrrole nitrogens is 1. The Morgan fingerprint density at radius 2 is 2.10 bits per heavy atom. The Bertz CT molecular complexity index is 812. The van der Waals surface area contributed by atoms with Crippen LogP contribution in [0.3, 0.4) is 0 Å². The van der Waals surface area contributed by atoms with Gasteiger partial charge in [0.05, 0.1) is 17.1 Å². The van der Waals surface area contributed by atoms with Crippen molar-refractivity contribution in [1.29, 1.82) is 5.26 Å². The summed E-state index contributed by atoms with van der Waals surface area (Å²) in [4.78, 5) is 19.2. The van der Waals surface area contributed by atoms with Crippen molar-refractivity contribution in [2.24, 2.45) is 0 Å². The van der Waals surface area contributed by atoms with Gasteiger partial charge in [0.25, 0.3) is 0 Å². The van der Waals surface area contributed by atoms with Gasteiger partial charge in [0.15, 0.2) is 0 Å². The molecule has 0 saturated heterocycles. The van der Waals surface area contributed by atoms with Gasteiger partial charge in [0.2, 0.25) is 5.91 Å². The van der Waals surface area contributed by atoms with Crippen molar-refractivity contribution in [2.45, 2.75) is 6.42 Å². The SMILES string of the molecule is N#CCC(=O)Nc1cccc(-c2nc3ccccc3[nH]2)c1. The van der Waals surface area contributed by atoms with Crippen LogP contribution >= 0.6 is 0 Å². The number of benzene rings is 2. The largest absolute Gasteiger partial charge is 0.338 e. The summed E-state index contributed by atoms with van der Waals surface area (Å²) in [5, 5.41) is 11.2. The van der Waals surface area contributed by atoms with Gasteiger partial charge in [-0.1, -0.05) is 24.3 Å². The van der Waals surface area contributed by atoms with Gasteiger partial charge in [-0.15, -0.1) is 0 Å². The van der Waals surface area contributed by atoms with Gasteiger partial charge in [-0.05, 0) is 24.3 Å². The van der Waals surface area contributed by atoms with Crippen molar-refractivity contribution in [3.8, 4) is 17.5 Å². The zero-order chi connectivity index (χ0) is 14.7. The Hall–Kier alpha value is -3.13. The molecule has 0 atom stereocenters. The highest BCUT2D eigenvalue weighted by atomic mass is 16.1. The topological polar surface area (TPSA) is 81.6 Å². The number of rotatable bonds is 3. The van der Waals surface area contributed by atoms with Crippen molar-refractivity contribution in [1.82, 2.24) is 9.97 Å². The molecule has 2 N–H and O–H groups in total. The number of nitriles is 1. The van der Waals surface area contributed by atoms with E-state index in [-0.39, 0.29) is 12.3 Å². The third kappa shape index (κ3) is 2.74. The molecule has 2 aromatic carbocycles. The Kier molecular flexibility index (Phi) is 3.36. The predicted octanol–water partition coefficient (Wildman–Crippen LogP) is 3.08. The van der Waals surface area contributed by atoms with E-state index in [1.54, 1.807) is 6.07 Å². The van der Waals surface area contributed by atoms with E-state index in [2.05, 4.69) is 15.3 Å². The summed E-state index contributed by atoms with van der Waals surface area (Å²) in [7, 11) is 0. The molecule has 1 heterocycles. The van der Waals surface area contributed by atoms with E-state index in [4.69, 9.17) is 5.26 Å². The average molecular weight is 276 g/mol. The van der Waals surface area contributed by atoms with Crippen molar-refractivity contribution in [2.75, 3.05) is 5.32 Å². The number of nitrogens with one attached hydrogen (secondary N) is 2. The average Bonchev–Trinajstić information content (AvgIpc) is 2.91. The van der Waals surface area contributed by atoms with Crippen LogP contribution < -0.4 is 5.32 Å². The summed E-state index contributed by atoms with van der Waals surface area (Å²) in [5.74, 6) is 0.423. The molecule has 1 aromatic heterocycles. The van der Waals surface area contributed by atoms with Crippen LogP contribution in [0.1, 0.15) is 6.42 Å². The zero-order valence-electron chi connectivity index (χ0n) is 11.1. The van der Waals surface area contributed by atoms with Crippen molar-refractivity contribution in [3.05, 3.63) is 48.5 Å². The molecule has 0 aliphatic rings. The lowest BCUT2D eigenvalue weighted by Crippen LogP contribution is -2.09. The molecule has 0 aliphatic carbocycles. The zero-order valence-corrected chi connectivity index (χ0v) is 11.1. The third-order valence-corrected chi connectivity index (χ3v) is 3.05. The number of anilines is 1. The fraction of sp³-hybridized carbons (Fsp3) is 0.0625. The van der Waals surface area contributed by atoms with Crippen molar-refractivity contribution < 1.29 is 4.79 Å². The highest BCUT2D eigenvalue weighted by Crippen LogP contribution is 2.23. The Morgan fingerprint density at radius 3 is 2.90 bits per heavy atom. The Balaban J connectivity index is 1.92. The molecule has 21 heavy (non-hydrogen) atoms. The van der Waals surface area contributed by atoms with E-state index in [1.165, 1.54) is 0 Å². The summed E-state index contributed by atoms with van der Waals surface area (Å²) in [6, 6.07) is 17.0. The first kappa shape index (κ1) is 12.9. The lowest BCUT2D eigenvalue weighted by molar-refractivity contribution is -0.115. The Morgan fingerprint density at radius 1 is 1.24 bits per heavy atom. The number of aromatic nitrogens is 2. The summed E-state index contributed by atoms with van der Waals surface area (Å²) in [6.45, 7) is 0. The van der Waals surface area contributed by atoms with Gasteiger partial charge in [-0.2, -0.15) is 5.26 Å². The molecular formula is C16H12N4O. The number of carbonyl (C=O) groups excluding carboxylic acids is 1. The number of fused-ring (bicyclic) bond motifs is 1. The van der Waals surface area contributed by atoms with Gasteiger partial charge in [0.1, 0.15) is 12.2 Å². The van der Waals surface area contributed by atoms with E-state index >= 15 is 0 Å². The normalized spacial score (nSPS) is 10.2. The standard InChI is InChI=1S/C16H12N4O/c17-9-8-15(21)18-12-5-3-4-11(10-12)16-19-13-6-1-2-7-14(13)20-16/h1-7,10H,8H2,(H,18,21)(H,19,20). The minimum atomic E-state index is -0.320. The lowest BCUT2D eigenvalue weighted by Gasteiger charge is -2.04. The number of aromatic amines is 1. The molecule has 3 aromatic rings. The van der Waals surface area contributed by atoms with Crippen molar-refractivity contribution >= 4 is 22.6 Å². The molecule has 5 nitrogen and oxygen atoms in total. The maximum Gasteiger partial charge on any atom is 0.238 e. The first-order chi connectivity index (χ1) is 10.3. The number of hydrogen-bond acceptors (Lipinski definition) is 3. The van der Waals surface area contributed by atoms with Gasteiger partial charge < -0.3 is 10.3 Å². The number of carbonyl (C=O) groups is 1. The van der Waals surface area contributed by atoms with Gasteiger partial charge in [0, 0.05) is 11.3 Å². The molecule has 0 unspecified atom stereocenters. The Labute approximate surface area is 121 Å². The first-order valence-corrected chi connectivity index (χ1v) is 6.48. The lowest BCUT2D eigenvalue weighted by atomic mass is 10.2. The number of amides is 1. The molecular weight excluding hydrogens is 264 g/mol. The molecule has 5 heteroatoms. The summed E-state index contributed by atoms with van der Waals surface area (Å²) >= 11 is 0. The van der Waals surface area contributed by atoms with E-state index in [0.717, 1.165) is 22.4 Å². The van der Waals surface area contributed by atoms with E-state index in [9.17, 15) is 4.79 Å². The molecule has 0 saturated carbocycles. The highest BCUT2D eigenvalue weighted by Gasteiger charge is 2.07. The predicted molar refractivity (Wildman–Crippen MR) is 80.4 cm³/mol. The maximum atomic E-state index is 11.4. The highest BCUT2D eigenvalue weighted by molar-refractivity contribution is 5.92. The third-order valence-electron chi connectivity index (χ3n) is 3.05. The molecule has 0 fully saturated rings. The van der Waals surface area contributed by atoms with Gasteiger partial charge in [-0.3, -0.25) is 4.79 Å². The monoisotopic (exact) mass is 276 g/mol. The summed E-state index contributed by atoms with van der Waals surface area (Å²) in [5.41, 5.74) is 3.38. The van der Waals surface area contributed by atoms with Crippen LogP contribution in [0.5, 0.6) is 0 Å². The van der Waals surface area contributed by atoms with E-state index in [0.29, 0.717) is 5.69 Å². The second-order valence-corrected chi connectivity index (χ2v) is 4.57. The van der Waals surface area contributed by atoms with E-state index in [1.807, 2.05) is 48.5 Å². The molecule has 0 radical (unpaired) electrons. The molecule has 1 amide bonds. The van der Waals surface area contributed by atoms with Crippen LogP contribution in [0.25, 0.3) is 22.4 Å². The van der Waals surface area contributed by atoms with E-state index < -0.39 is 0 Å². The maximum absolute atomic E-state index is 11.4. The fourth-order valence-corrected chi connectivity index (χ4v) is 2.11. The quantitative estimate of drug-likeness (QED) is 0.771. The number of imidazole rings is 1. The molecule has 0 spiro atoms. The summed E-state index contributed by atoms with van der Waals surface area (Å²) in [6.07, 6.45) is -0.158. The summed E-state index contributed by atoms with van der Waals surface area (Å²) < 4.78 is 0. The van der Waals surface area contributed by atoms with Crippen LogP contribution in [0, 0.1) is 11.3 Å². The molecule has 0 bridgehead atoms. The molecule has 102 valence electrons. The van der Waals surface area contributed by atoms with Gasteiger partial charge in [-0.25, -0.2) is 4.98 Å². The smallest absolute Gasteiger partial charge is 0.238 e. The molecule has 3 rings (SSSR count). The molecule has 0 aliphatic heterocycles. The van der Waals surface area contributed by atoms with Crippen molar-refractivity contribution in [3.63, 3.8) is 0 Å². The number of hydrogen-bond donors (Lipinski definition) is 2. The second kappa shape index (κ2) is 5.47. The first-order valence-electron chi connectivity index (χ1n) is 6.48. The minimum absolute atomic E-state index is 0.158. The number of nitrogens with zero attached hydrogens (tertiary/aromatic N) is 2. The second-order valence-electron chi connectivity index (χ2n) is 4.57. The fourth-order valence-electron chi connectivity index (χ4n) is 2.11. The van der Waals surface area contributed by atoms with Crippen LogP contribution in [0.4, 0.5) is 5.69 Å². The van der Waals surface area contributed by atoms with Crippen LogP contribution in [0.2, 0.25) is 0 Å². The van der Waals surface area contributed by atoms with Crippen LogP contribution in [-0.4, -0.2) is 15.9 Å². The van der Waals surface area contributed by atoms with Crippen LogP contribution in [0.15, 0.2) is 48.5 Å². The minimum Gasteiger partial charge on any atom is -0.338 e.